The van der Waals surface area contributed by atoms with Crippen molar-refractivity contribution in [3.63, 3.8) is 0 Å². The first-order chi connectivity index (χ1) is 15.9. The lowest BCUT2D eigenvalue weighted by atomic mass is 9.42. The fourth-order valence-corrected chi connectivity index (χ4v) is 9.69. The third-order valence-corrected chi connectivity index (χ3v) is 11.4. The Morgan fingerprint density at radius 1 is 1.00 bits per heavy atom. The van der Waals surface area contributed by atoms with E-state index in [9.17, 15) is 20.1 Å². The third-order valence-electron chi connectivity index (χ3n) is 11.4. The SMILES string of the molecule is CC(=O)O[C@H]1CC[C@]2(C)[C@H]3CC[C@]4(C)[C@@H]([C@H](C)CCCC(C)C)CC[C@H]4[C@@H]3C[C@@H](O)[C@]2(O)[C@H]1O. The number of hydrogen-bond acceptors (Lipinski definition) is 5. The van der Waals surface area contributed by atoms with Crippen LogP contribution in [0.15, 0.2) is 0 Å². The number of esters is 1. The second kappa shape index (κ2) is 9.34. The van der Waals surface area contributed by atoms with Gasteiger partial charge in [0.05, 0.1) is 6.10 Å². The van der Waals surface area contributed by atoms with Crippen LogP contribution in [0, 0.1) is 46.3 Å². The number of hydrogen-bond donors (Lipinski definition) is 3. The maximum absolute atomic E-state index is 11.9. The molecule has 4 fully saturated rings. The predicted octanol–water partition coefficient (Wildman–Crippen LogP) is 5.10. The molecule has 196 valence electrons. The first kappa shape index (κ1) is 26.4. The molecule has 4 aliphatic carbocycles. The number of carbonyl (C=O) groups excluding carboxylic acids is 1. The van der Waals surface area contributed by atoms with Gasteiger partial charge < -0.3 is 20.1 Å². The molecule has 11 atom stereocenters. The highest BCUT2D eigenvalue weighted by Crippen LogP contribution is 2.69. The van der Waals surface area contributed by atoms with E-state index in [4.69, 9.17) is 4.74 Å². The normalized spacial score (nSPS) is 49.2. The molecule has 0 spiro atoms. The lowest BCUT2D eigenvalue weighted by Gasteiger charge is -2.66. The van der Waals surface area contributed by atoms with Crippen molar-refractivity contribution in [1.82, 2.24) is 0 Å². The second-order valence-electron chi connectivity index (χ2n) is 13.5. The van der Waals surface area contributed by atoms with Gasteiger partial charge in [-0.2, -0.15) is 0 Å². The summed E-state index contributed by atoms with van der Waals surface area (Å²) in [5.41, 5.74) is -1.91. The molecule has 3 N–H and O–H groups in total. The number of fused-ring (bicyclic) bond motifs is 5. The molecule has 0 saturated heterocycles. The van der Waals surface area contributed by atoms with Crippen molar-refractivity contribution in [3.05, 3.63) is 0 Å². The maximum atomic E-state index is 11.9. The molecule has 0 heterocycles. The van der Waals surface area contributed by atoms with E-state index in [2.05, 4.69) is 34.6 Å². The standard InChI is InChI=1S/C29H50O5/c1-17(2)8-7-9-18(3)21-10-11-22-20-16-25(31)29(33)26(32)24(34-19(4)30)13-15-28(29,6)23(20)12-14-27(21,22)5/h17-18,20-26,31-33H,7-16H2,1-6H3/t18-,20+,21-,22+,23+,24+,25-,26+,27-,28-,29+/m1/s1. The van der Waals surface area contributed by atoms with Crippen LogP contribution in [0.2, 0.25) is 0 Å². The Morgan fingerprint density at radius 2 is 1.71 bits per heavy atom. The van der Waals surface area contributed by atoms with Crippen LogP contribution in [0.25, 0.3) is 0 Å². The first-order valence-corrected chi connectivity index (χ1v) is 14.1. The van der Waals surface area contributed by atoms with Crippen LogP contribution in [0.5, 0.6) is 0 Å². The Kier molecular flexibility index (Phi) is 7.25. The van der Waals surface area contributed by atoms with Gasteiger partial charge in [0.15, 0.2) is 0 Å². The minimum absolute atomic E-state index is 0.280. The maximum Gasteiger partial charge on any atom is 0.302 e. The molecule has 0 aromatic heterocycles. The molecule has 0 aromatic rings. The minimum atomic E-state index is -1.64. The zero-order valence-electron chi connectivity index (χ0n) is 22.4. The molecule has 0 radical (unpaired) electrons. The van der Waals surface area contributed by atoms with Crippen molar-refractivity contribution in [2.75, 3.05) is 0 Å². The average Bonchev–Trinajstić information content (AvgIpc) is 3.10. The molecule has 0 aromatic carbocycles. The Morgan fingerprint density at radius 3 is 2.35 bits per heavy atom. The van der Waals surface area contributed by atoms with Gasteiger partial charge in [0.1, 0.15) is 17.8 Å². The van der Waals surface area contributed by atoms with Gasteiger partial charge in [-0.15, -0.1) is 0 Å². The highest BCUT2D eigenvalue weighted by atomic mass is 16.6. The monoisotopic (exact) mass is 478 g/mol. The zero-order valence-corrected chi connectivity index (χ0v) is 22.4. The van der Waals surface area contributed by atoms with E-state index in [-0.39, 0.29) is 5.92 Å². The van der Waals surface area contributed by atoms with Crippen LogP contribution in [0.4, 0.5) is 0 Å². The Labute approximate surface area is 207 Å². The van der Waals surface area contributed by atoms with Crippen LogP contribution < -0.4 is 0 Å². The summed E-state index contributed by atoms with van der Waals surface area (Å²) in [7, 11) is 0. The molecule has 4 aliphatic rings. The Balaban J connectivity index is 1.55. The smallest absolute Gasteiger partial charge is 0.302 e. The summed E-state index contributed by atoms with van der Waals surface area (Å²) in [5, 5.41) is 34.5. The minimum Gasteiger partial charge on any atom is -0.460 e. The molecule has 4 saturated carbocycles. The van der Waals surface area contributed by atoms with Crippen molar-refractivity contribution in [1.29, 1.82) is 0 Å². The zero-order chi connectivity index (χ0) is 25.1. The summed E-state index contributed by atoms with van der Waals surface area (Å²) in [6, 6.07) is 0. The summed E-state index contributed by atoms with van der Waals surface area (Å²) in [4.78, 5) is 11.6. The fourth-order valence-electron chi connectivity index (χ4n) is 9.69. The predicted molar refractivity (Wildman–Crippen MR) is 133 cm³/mol. The number of aliphatic hydroxyl groups is 3. The highest BCUT2D eigenvalue weighted by Gasteiger charge is 2.70. The molecule has 4 rings (SSSR count). The van der Waals surface area contributed by atoms with E-state index in [0.717, 1.165) is 24.2 Å². The molecule has 5 nitrogen and oxygen atoms in total. The molecule has 5 heteroatoms. The topological polar surface area (TPSA) is 87.0 Å². The summed E-state index contributed by atoms with van der Waals surface area (Å²) in [5.74, 6) is 3.01. The van der Waals surface area contributed by atoms with E-state index in [1.54, 1.807) is 0 Å². The Bertz CT molecular complexity index is 753. The van der Waals surface area contributed by atoms with Gasteiger partial charge >= 0.3 is 5.97 Å². The van der Waals surface area contributed by atoms with E-state index in [1.165, 1.54) is 45.4 Å². The van der Waals surface area contributed by atoms with Gasteiger partial charge in [-0.1, -0.05) is 53.9 Å². The lowest BCUT2D eigenvalue weighted by Crippen LogP contribution is -2.74. The molecule has 0 amide bonds. The third kappa shape index (κ3) is 3.96. The van der Waals surface area contributed by atoms with Crippen molar-refractivity contribution >= 4 is 5.97 Å². The fraction of sp³-hybridized carbons (Fsp3) is 0.966. The molecule has 0 unspecified atom stereocenters. The van der Waals surface area contributed by atoms with E-state index >= 15 is 0 Å². The summed E-state index contributed by atoms with van der Waals surface area (Å²) >= 11 is 0. The summed E-state index contributed by atoms with van der Waals surface area (Å²) < 4.78 is 5.36. The molecular weight excluding hydrogens is 428 g/mol. The van der Waals surface area contributed by atoms with Crippen LogP contribution in [-0.4, -0.2) is 45.2 Å². The van der Waals surface area contributed by atoms with Crippen LogP contribution in [0.3, 0.4) is 0 Å². The second-order valence-corrected chi connectivity index (χ2v) is 13.5. The number of carbonyl (C=O) groups is 1. The van der Waals surface area contributed by atoms with E-state index in [0.29, 0.717) is 36.5 Å². The number of rotatable bonds is 6. The average molecular weight is 479 g/mol. The lowest BCUT2D eigenvalue weighted by molar-refractivity contribution is -0.306. The summed E-state index contributed by atoms with van der Waals surface area (Å²) in [6.45, 7) is 13.0. The molecular formula is C29H50O5. The first-order valence-electron chi connectivity index (χ1n) is 14.1. The van der Waals surface area contributed by atoms with Crippen molar-refractivity contribution in [2.45, 2.75) is 130 Å². The Hall–Kier alpha value is -0.650. The van der Waals surface area contributed by atoms with Crippen LogP contribution >= 0.6 is 0 Å². The van der Waals surface area contributed by atoms with E-state index in [1.807, 2.05) is 0 Å². The largest absolute Gasteiger partial charge is 0.460 e. The molecule has 0 bridgehead atoms. The van der Waals surface area contributed by atoms with Crippen LogP contribution in [-0.2, 0) is 9.53 Å². The number of aliphatic hydroxyl groups excluding tert-OH is 2. The summed E-state index contributed by atoms with van der Waals surface area (Å²) in [6.07, 6.45) is 7.37. The van der Waals surface area contributed by atoms with E-state index < -0.39 is 35.3 Å². The van der Waals surface area contributed by atoms with Crippen LogP contribution in [0.1, 0.15) is 106 Å². The molecule has 34 heavy (non-hydrogen) atoms. The quantitative estimate of drug-likeness (QED) is 0.463. The van der Waals surface area contributed by atoms with Gasteiger partial charge in [-0.05, 0) is 85.9 Å². The van der Waals surface area contributed by atoms with Gasteiger partial charge in [0, 0.05) is 12.3 Å². The van der Waals surface area contributed by atoms with Gasteiger partial charge in [0.25, 0.3) is 0 Å². The number of ether oxygens (including phenoxy) is 1. The van der Waals surface area contributed by atoms with Crippen molar-refractivity contribution < 1.29 is 24.9 Å². The van der Waals surface area contributed by atoms with Crippen molar-refractivity contribution in [2.24, 2.45) is 46.3 Å². The van der Waals surface area contributed by atoms with Gasteiger partial charge in [-0.3, -0.25) is 4.79 Å². The highest BCUT2D eigenvalue weighted by molar-refractivity contribution is 5.66. The molecule has 0 aliphatic heterocycles. The van der Waals surface area contributed by atoms with Gasteiger partial charge in [0.2, 0.25) is 0 Å². The van der Waals surface area contributed by atoms with Gasteiger partial charge in [-0.25, -0.2) is 0 Å². The van der Waals surface area contributed by atoms with Crippen molar-refractivity contribution in [3.8, 4) is 0 Å².